The van der Waals surface area contributed by atoms with Crippen LogP contribution in [0.2, 0.25) is 0 Å². The number of methoxy groups -OCH3 is 1. The molecule has 1 aromatic heterocycles. The summed E-state index contributed by atoms with van der Waals surface area (Å²) in [6.45, 7) is 1.93. The largest absolute Gasteiger partial charge is 0.481 e. The fourth-order valence-electron chi connectivity index (χ4n) is 0.632. The van der Waals surface area contributed by atoms with Crippen LogP contribution in [0.4, 0.5) is 0 Å². The van der Waals surface area contributed by atoms with Gasteiger partial charge in [0.25, 0.3) is 0 Å². The predicted octanol–water partition coefficient (Wildman–Crippen LogP) is -0.364. The number of aromatic nitrogens is 1. The minimum Gasteiger partial charge on any atom is -0.481 e. The summed E-state index contributed by atoms with van der Waals surface area (Å²) < 4.78 is 4.88. The zero-order valence-corrected chi connectivity index (χ0v) is 7.19. The zero-order valence-electron chi connectivity index (χ0n) is 7.19. The van der Waals surface area contributed by atoms with Gasteiger partial charge < -0.3 is 14.8 Å². The third kappa shape index (κ3) is 4.70. The summed E-state index contributed by atoms with van der Waals surface area (Å²) in [6, 6.07) is 5.68. The number of aryl methyl sites for hydroxylation is 1. The lowest BCUT2D eigenvalue weighted by atomic mass is 10.4. The van der Waals surface area contributed by atoms with Gasteiger partial charge in [-0.1, -0.05) is 6.07 Å². The van der Waals surface area contributed by atoms with Crippen molar-refractivity contribution in [3.63, 3.8) is 0 Å². The van der Waals surface area contributed by atoms with Crippen molar-refractivity contribution in [1.29, 1.82) is 0 Å². The van der Waals surface area contributed by atoms with Crippen LogP contribution in [0.25, 0.3) is 0 Å². The first-order valence-corrected chi connectivity index (χ1v) is 3.44. The maximum Gasteiger partial charge on any atom is 0.432 e. The number of hydrogen-bond donors (Lipinski definition) is 2. The molecule has 4 nitrogen and oxygen atoms in total. The third-order valence-corrected chi connectivity index (χ3v) is 1.07. The van der Waals surface area contributed by atoms with E-state index < -0.39 is 7.69 Å². The van der Waals surface area contributed by atoms with Gasteiger partial charge in [-0.3, -0.25) is 0 Å². The summed E-state index contributed by atoms with van der Waals surface area (Å²) in [7, 11) is 0.863. The van der Waals surface area contributed by atoms with E-state index in [9.17, 15) is 0 Å². The van der Waals surface area contributed by atoms with E-state index in [-0.39, 0.29) is 0 Å². The maximum absolute atomic E-state index is 7.12. The molecule has 0 saturated carbocycles. The third-order valence-electron chi connectivity index (χ3n) is 1.07. The van der Waals surface area contributed by atoms with Gasteiger partial charge in [-0.25, -0.2) is 4.98 Å². The molecule has 2 N–H and O–H groups in total. The van der Waals surface area contributed by atoms with Crippen molar-refractivity contribution in [1.82, 2.24) is 4.98 Å². The van der Waals surface area contributed by atoms with Crippen molar-refractivity contribution in [3.05, 3.63) is 23.9 Å². The summed E-state index contributed by atoms with van der Waals surface area (Å²) >= 11 is 0. The Morgan fingerprint density at radius 1 is 1.42 bits per heavy atom. The molecule has 0 bridgehead atoms. The van der Waals surface area contributed by atoms with Crippen molar-refractivity contribution < 1.29 is 14.8 Å². The van der Waals surface area contributed by atoms with E-state index in [1.54, 1.807) is 7.11 Å². The summed E-state index contributed by atoms with van der Waals surface area (Å²) in [5.74, 6) is 0.676. The van der Waals surface area contributed by atoms with Gasteiger partial charge in [0.15, 0.2) is 0 Å². The number of hydrogen-bond acceptors (Lipinski definition) is 4. The molecule has 0 radical (unpaired) electrons. The molecule has 1 aromatic rings. The number of ether oxygens (including phenoxy) is 1. The summed E-state index contributed by atoms with van der Waals surface area (Å²) in [4.78, 5) is 4.07. The minimum atomic E-state index is -0.750. The molecule has 1 heterocycles. The second kappa shape index (κ2) is 6.63. The fourth-order valence-corrected chi connectivity index (χ4v) is 0.632. The highest BCUT2D eigenvalue weighted by atomic mass is 16.5. The summed E-state index contributed by atoms with van der Waals surface area (Å²) in [5.41, 5.74) is 0.981. The van der Waals surface area contributed by atoms with Crippen molar-refractivity contribution in [2.24, 2.45) is 0 Å². The summed E-state index contributed by atoms with van der Waals surface area (Å²) in [5, 5.41) is 14.2. The van der Waals surface area contributed by atoms with Gasteiger partial charge in [-0.05, 0) is 13.0 Å². The molecule has 0 saturated heterocycles. The Bertz CT molecular complexity index is 220. The first kappa shape index (κ1) is 10.9. The smallest absolute Gasteiger partial charge is 0.432 e. The molecule has 0 atom stereocenters. The lowest BCUT2D eigenvalue weighted by molar-refractivity contribution is 0.397. The van der Waals surface area contributed by atoms with Crippen molar-refractivity contribution in [3.8, 4) is 5.88 Å². The molecule has 0 spiro atoms. The lowest BCUT2D eigenvalue weighted by Crippen LogP contribution is -1.87. The van der Waals surface area contributed by atoms with Gasteiger partial charge in [0.05, 0.1) is 7.11 Å². The average molecular weight is 169 g/mol. The molecule has 0 amide bonds. The molecular weight excluding hydrogens is 157 g/mol. The minimum absolute atomic E-state index is 0.676. The zero-order chi connectivity index (χ0) is 9.40. The Kier molecular flexibility index (Phi) is 6.04. The molecule has 12 heavy (non-hydrogen) atoms. The van der Waals surface area contributed by atoms with Crippen LogP contribution in [0.5, 0.6) is 5.88 Å². The normalized spacial score (nSPS) is 8.00. The van der Waals surface area contributed by atoms with Gasteiger partial charge >= 0.3 is 7.69 Å². The Morgan fingerprint density at radius 3 is 2.33 bits per heavy atom. The van der Waals surface area contributed by atoms with Gasteiger partial charge in [-0.15, -0.1) is 0 Å². The monoisotopic (exact) mass is 169 g/mol. The maximum atomic E-state index is 7.12. The van der Waals surface area contributed by atoms with Crippen LogP contribution < -0.4 is 4.74 Å². The van der Waals surface area contributed by atoms with Gasteiger partial charge in [-0.2, -0.15) is 0 Å². The van der Waals surface area contributed by atoms with E-state index in [1.807, 2.05) is 25.1 Å². The fraction of sp³-hybridized carbons (Fsp3) is 0.286. The second-order valence-corrected chi connectivity index (χ2v) is 1.96. The van der Waals surface area contributed by atoms with Gasteiger partial charge in [0.2, 0.25) is 5.88 Å². The SMILES string of the molecule is COc1cccc(C)n1.OBO. The van der Waals surface area contributed by atoms with E-state index >= 15 is 0 Å². The van der Waals surface area contributed by atoms with Gasteiger partial charge in [0.1, 0.15) is 0 Å². The standard InChI is InChI=1S/C7H9NO.BH3O2/c1-6-4-3-5-7(8-6)9-2;2-1-3/h3-5H,1-2H3;1-3H. The second-order valence-electron chi connectivity index (χ2n) is 1.96. The molecule has 0 aliphatic heterocycles. The van der Waals surface area contributed by atoms with Crippen molar-refractivity contribution in [2.45, 2.75) is 6.92 Å². The highest BCUT2D eigenvalue weighted by Gasteiger charge is 1.88. The van der Waals surface area contributed by atoms with E-state index in [1.165, 1.54) is 0 Å². The molecule has 5 heteroatoms. The Morgan fingerprint density at radius 2 is 2.00 bits per heavy atom. The molecule has 0 unspecified atom stereocenters. The highest BCUT2D eigenvalue weighted by Crippen LogP contribution is 2.04. The molecule has 0 aliphatic rings. The first-order valence-electron chi connectivity index (χ1n) is 3.44. The lowest BCUT2D eigenvalue weighted by Gasteiger charge is -1.96. The quantitative estimate of drug-likeness (QED) is 0.563. The van der Waals surface area contributed by atoms with Crippen LogP contribution in [0, 0.1) is 6.92 Å². The molecule has 0 fully saturated rings. The first-order chi connectivity index (χ1) is 5.74. The number of nitrogens with zero attached hydrogens (tertiary/aromatic N) is 1. The molecule has 0 aromatic carbocycles. The van der Waals surface area contributed by atoms with Crippen LogP contribution in [0.15, 0.2) is 18.2 Å². The predicted molar refractivity (Wildman–Crippen MR) is 47.1 cm³/mol. The van der Waals surface area contributed by atoms with E-state index in [2.05, 4.69) is 4.98 Å². The van der Waals surface area contributed by atoms with Gasteiger partial charge in [0, 0.05) is 11.8 Å². The molecular formula is C7H12BNO3. The Hall–Kier alpha value is -1.07. The van der Waals surface area contributed by atoms with Crippen molar-refractivity contribution >= 4 is 7.69 Å². The number of pyridine rings is 1. The van der Waals surface area contributed by atoms with Crippen molar-refractivity contribution in [2.75, 3.05) is 7.11 Å². The summed E-state index contributed by atoms with van der Waals surface area (Å²) in [6.07, 6.45) is 0. The Balaban J connectivity index is 0.000000354. The number of rotatable bonds is 1. The highest BCUT2D eigenvalue weighted by molar-refractivity contribution is 6.13. The van der Waals surface area contributed by atoms with Crippen LogP contribution in [0.1, 0.15) is 5.69 Å². The van der Waals surface area contributed by atoms with Crippen LogP contribution in [0.3, 0.4) is 0 Å². The molecule has 1 rings (SSSR count). The molecule has 66 valence electrons. The van der Waals surface area contributed by atoms with Crippen LogP contribution >= 0.6 is 0 Å². The average Bonchev–Trinajstić information content (AvgIpc) is 2.06. The van der Waals surface area contributed by atoms with Crippen LogP contribution in [-0.2, 0) is 0 Å². The van der Waals surface area contributed by atoms with Crippen LogP contribution in [-0.4, -0.2) is 29.8 Å². The topological polar surface area (TPSA) is 62.6 Å². The molecule has 0 aliphatic carbocycles. The Labute approximate surface area is 72.1 Å². The van der Waals surface area contributed by atoms with E-state index in [0.29, 0.717) is 5.88 Å². The van der Waals surface area contributed by atoms with E-state index in [4.69, 9.17) is 14.8 Å². The van der Waals surface area contributed by atoms with E-state index in [0.717, 1.165) is 5.69 Å².